The van der Waals surface area contributed by atoms with Crippen molar-refractivity contribution in [1.29, 1.82) is 10.5 Å². The van der Waals surface area contributed by atoms with Crippen LogP contribution in [0.3, 0.4) is 0 Å². The van der Waals surface area contributed by atoms with Crippen molar-refractivity contribution in [3.8, 4) is 12.1 Å². The number of aromatic amines is 2. The average Bonchev–Trinajstić information content (AvgIpc) is 4.05. The number of imidazole rings is 2. The predicted octanol–water partition coefficient (Wildman–Crippen LogP) is 2.06. The van der Waals surface area contributed by atoms with Crippen molar-refractivity contribution in [1.82, 2.24) is 48.8 Å². The van der Waals surface area contributed by atoms with Crippen LogP contribution >= 0.6 is 15.6 Å². The lowest BCUT2D eigenvalue weighted by Gasteiger charge is -2.28. The molecule has 0 amide bonds. The van der Waals surface area contributed by atoms with Crippen LogP contribution in [0.4, 0.5) is 11.9 Å². The van der Waals surface area contributed by atoms with Crippen molar-refractivity contribution in [3.63, 3.8) is 0 Å². The first-order chi connectivity index (χ1) is 30.5. The van der Waals surface area contributed by atoms with E-state index in [-0.39, 0.29) is 79.5 Å². The molecule has 64 heavy (non-hydrogen) atoms. The zero-order chi connectivity index (χ0) is 46.2. The number of hydrogen-bond acceptors (Lipinski definition) is 20. The Hall–Kier alpha value is -5.54. The van der Waals surface area contributed by atoms with E-state index in [1.54, 1.807) is 38.0 Å². The zero-order valence-corrected chi connectivity index (χ0v) is 36.7. The molecule has 0 bridgehead atoms. The van der Waals surface area contributed by atoms with Gasteiger partial charge in [-0.2, -0.15) is 20.5 Å². The first kappa shape index (κ1) is 47.9. The van der Waals surface area contributed by atoms with Crippen LogP contribution < -0.4 is 11.1 Å². The maximum Gasteiger partial charge on any atom is 0.475 e. The molecular formula is C35H46N14O13P2. The number of nitriles is 2. The van der Waals surface area contributed by atoms with Crippen molar-refractivity contribution in [2.45, 2.75) is 75.1 Å². The Balaban J connectivity index is 1.23. The number of fused-ring (bicyclic) bond motifs is 2. The molecule has 4 N–H and O–H groups in total. The summed E-state index contributed by atoms with van der Waals surface area (Å²) in [5.74, 6) is -0.0751. The molecule has 4 aromatic rings. The highest BCUT2D eigenvalue weighted by Gasteiger charge is 2.47. The third-order valence-electron chi connectivity index (χ3n) is 9.26. The molecule has 344 valence electrons. The van der Waals surface area contributed by atoms with E-state index < -0.39 is 76.3 Å². The van der Waals surface area contributed by atoms with Gasteiger partial charge in [-0.3, -0.25) is 51.3 Å². The molecule has 29 heteroatoms. The largest absolute Gasteiger partial charge is 0.475 e. The topological polar surface area (TPSA) is 345 Å². The van der Waals surface area contributed by atoms with Gasteiger partial charge in [-0.25, -0.2) is 29.1 Å². The number of aliphatic hydroxyl groups excluding tert-OH is 1. The van der Waals surface area contributed by atoms with Gasteiger partial charge in [0.05, 0.1) is 75.9 Å². The molecule has 2 aliphatic rings. The second-order valence-electron chi connectivity index (χ2n) is 14.6. The average molecular weight is 933 g/mol. The van der Waals surface area contributed by atoms with E-state index in [0.717, 1.165) is 0 Å². The van der Waals surface area contributed by atoms with E-state index >= 15 is 0 Å². The number of H-pyrrole nitrogens is 2. The second-order valence-corrected chi connectivity index (χ2v) is 17.6. The summed E-state index contributed by atoms with van der Waals surface area (Å²) in [6.45, 7) is 2.17. The van der Waals surface area contributed by atoms with Crippen molar-refractivity contribution in [2.75, 3.05) is 48.0 Å². The van der Waals surface area contributed by atoms with Crippen LogP contribution in [-0.4, -0.2) is 150 Å². The lowest BCUT2D eigenvalue weighted by atomic mass is 10.0. The molecule has 0 radical (unpaired) electrons. The number of phosphoric acid groups is 2. The molecule has 0 spiro atoms. The first-order valence-electron chi connectivity index (χ1n) is 19.5. The highest BCUT2D eigenvalue weighted by molar-refractivity contribution is 7.48. The number of nitrogens with one attached hydrogen (secondary N) is 2. The molecule has 27 nitrogen and oxygen atoms in total. The Bertz CT molecular complexity index is 2650. The number of nitrogens with zero attached hydrogens (tertiary/aromatic N) is 12. The van der Waals surface area contributed by atoms with Gasteiger partial charge in [0.1, 0.15) is 30.8 Å². The van der Waals surface area contributed by atoms with Gasteiger partial charge in [0, 0.05) is 47.5 Å². The standard InChI is InChI=1S/C35H46N14O13P2/c1-6-12-56-64(55,57-13-8-11-37)62-23-15-26(49-20-39-28-31(49)43-35(45-33(28)52)41-18-47(4)5)59-24(23)16-58-63(53,54)61-22(9-7-10-36)29-21(50)14-25(60-29)48-19-38-27-30(48)42-34(44-32(27)51)40-17-46(2)3/h6,17-26,29,50H,1,7-9,12-16H2,2-5H3,(H,53,54)(H,42,44,51)(H,43,45,52)/t21-,22?,23-,24+,25+,26+,29-,64?/m0/s1. The van der Waals surface area contributed by atoms with Crippen molar-refractivity contribution >= 4 is 62.5 Å². The van der Waals surface area contributed by atoms with Crippen molar-refractivity contribution in [2.24, 2.45) is 9.98 Å². The normalized spacial score (nSPS) is 23.6. The summed E-state index contributed by atoms with van der Waals surface area (Å²) >= 11 is 0. The highest BCUT2D eigenvalue weighted by atomic mass is 31.2. The Morgan fingerprint density at radius 2 is 1.52 bits per heavy atom. The van der Waals surface area contributed by atoms with Gasteiger partial charge in [-0.1, -0.05) is 6.08 Å². The Morgan fingerprint density at radius 1 is 0.938 bits per heavy atom. The maximum atomic E-state index is 13.8. The van der Waals surface area contributed by atoms with Crippen LogP contribution in [-0.2, 0) is 41.2 Å². The zero-order valence-electron chi connectivity index (χ0n) is 34.9. The molecule has 0 aliphatic carbocycles. The minimum absolute atomic E-state index is 0.0229. The number of aromatic nitrogens is 8. The van der Waals surface area contributed by atoms with Gasteiger partial charge >= 0.3 is 15.6 Å². The Labute approximate surface area is 363 Å². The van der Waals surface area contributed by atoms with E-state index in [1.165, 1.54) is 40.5 Å². The predicted molar refractivity (Wildman–Crippen MR) is 223 cm³/mol. The number of aliphatic hydroxyl groups is 1. The number of rotatable bonds is 22. The molecule has 2 saturated heterocycles. The molecule has 6 heterocycles. The fourth-order valence-corrected chi connectivity index (χ4v) is 8.81. The molecule has 2 aliphatic heterocycles. The van der Waals surface area contributed by atoms with Crippen molar-refractivity contribution < 1.29 is 51.2 Å². The van der Waals surface area contributed by atoms with E-state index in [1.807, 2.05) is 12.1 Å². The number of aliphatic imine (C=N–C) groups is 2. The lowest BCUT2D eigenvalue weighted by molar-refractivity contribution is -0.0865. The summed E-state index contributed by atoms with van der Waals surface area (Å²) in [5.41, 5.74) is -1.14. The summed E-state index contributed by atoms with van der Waals surface area (Å²) in [6.07, 6.45) is -2.79. The summed E-state index contributed by atoms with van der Waals surface area (Å²) in [7, 11) is -2.72. The van der Waals surface area contributed by atoms with Gasteiger partial charge in [0.15, 0.2) is 22.3 Å². The van der Waals surface area contributed by atoms with Crippen LogP contribution in [0.5, 0.6) is 0 Å². The quantitative estimate of drug-likeness (QED) is 0.0288. The summed E-state index contributed by atoms with van der Waals surface area (Å²) in [4.78, 5) is 70.5. The van der Waals surface area contributed by atoms with Gasteiger partial charge < -0.3 is 29.3 Å². The molecule has 0 aromatic carbocycles. The minimum Gasteiger partial charge on any atom is -0.390 e. The third kappa shape index (κ3) is 11.8. The van der Waals surface area contributed by atoms with Crippen LogP contribution in [0.25, 0.3) is 22.3 Å². The Kier molecular flexibility index (Phi) is 15.7. The van der Waals surface area contributed by atoms with Gasteiger partial charge in [-0.05, 0) is 6.42 Å². The fraction of sp³-hybridized carbons (Fsp3) is 0.543. The Morgan fingerprint density at radius 3 is 2.06 bits per heavy atom. The SMILES string of the molecule is C=CCOP(=O)(OCCC#N)O[C@H]1C[C@H](n2cnc3c(=O)[nH]c(N=CN(C)C)nc32)O[C@@H]1COP(=O)(O)OC(CCC#N)[C@H]1O[C@@H](n2cnc3c(=O)[nH]c(N=CN(C)C)nc32)C[C@@H]1O. The number of phosphoric ester groups is 2. The maximum absolute atomic E-state index is 13.8. The van der Waals surface area contributed by atoms with Gasteiger partial charge in [0.2, 0.25) is 11.9 Å². The van der Waals surface area contributed by atoms with Gasteiger partial charge in [0.25, 0.3) is 11.1 Å². The van der Waals surface area contributed by atoms with E-state index in [0.29, 0.717) is 0 Å². The molecule has 2 fully saturated rings. The van der Waals surface area contributed by atoms with E-state index in [4.69, 9.17) is 37.4 Å². The second kappa shape index (κ2) is 21.0. The number of hydrogen-bond donors (Lipinski definition) is 4. The molecule has 4 aromatic heterocycles. The van der Waals surface area contributed by atoms with Crippen molar-refractivity contribution in [3.05, 3.63) is 46.0 Å². The molecule has 3 unspecified atom stereocenters. The smallest absolute Gasteiger partial charge is 0.390 e. The highest BCUT2D eigenvalue weighted by Crippen LogP contribution is 2.54. The summed E-state index contributed by atoms with van der Waals surface area (Å²) in [5, 5.41) is 29.7. The molecule has 0 saturated carbocycles. The van der Waals surface area contributed by atoms with E-state index in [9.17, 15) is 34.0 Å². The molecule has 9 atom stereocenters. The van der Waals surface area contributed by atoms with Crippen LogP contribution in [0.15, 0.2) is 44.9 Å². The lowest BCUT2D eigenvalue weighted by Crippen LogP contribution is -2.36. The van der Waals surface area contributed by atoms with Crippen LogP contribution in [0, 0.1) is 22.7 Å². The molecular weight excluding hydrogens is 886 g/mol. The minimum atomic E-state index is -5.14. The van der Waals surface area contributed by atoms with E-state index in [2.05, 4.69) is 46.5 Å². The molecule has 6 rings (SSSR count). The third-order valence-corrected chi connectivity index (χ3v) is 11.8. The van der Waals surface area contributed by atoms with Crippen LogP contribution in [0.2, 0.25) is 0 Å². The first-order valence-corrected chi connectivity index (χ1v) is 22.4. The summed E-state index contributed by atoms with van der Waals surface area (Å²) < 4.78 is 70.4. The fourth-order valence-electron chi connectivity index (χ4n) is 6.49. The monoisotopic (exact) mass is 932 g/mol. The van der Waals surface area contributed by atoms with Crippen LogP contribution in [0.1, 0.15) is 44.6 Å². The van der Waals surface area contributed by atoms with Gasteiger partial charge in [-0.15, -0.1) is 6.58 Å². The number of ether oxygens (including phenoxy) is 2. The summed E-state index contributed by atoms with van der Waals surface area (Å²) in [6, 6.07) is 3.80.